The van der Waals surface area contributed by atoms with Gasteiger partial charge in [-0.1, -0.05) is 25.9 Å². The minimum absolute atomic E-state index is 0.186. The lowest BCUT2D eigenvalue weighted by Gasteiger charge is -2.20. The summed E-state index contributed by atoms with van der Waals surface area (Å²) in [5.74, 6) is 3.48. The number of ether oxygens (including phenoxy) is 2. The Labute approximate surface area is 173 Å². The van der Waals surface area contributed by atoms with Gasteiger partial charge in [0.1, 0.15) is 18.1 Å². The van der Waals surface area contributed by atoms with E-state index in [-0.39, 0.29) is 5.41 Å². The smallest absolute Gasteiger partial charge is 0.324 e. The van der Waals surface area contributed by atoms with Crippen molar-refractivity contribution in [2.24, 2.45) is 0 Å². The van der Waals surface area contributed by atoms with Gasteiger partial charge in [-0.25, -0.2) is 9.78 Å². The van der Waals surface area contributed by atoms with Gasteiger partial charge in [0, 0.05) is 29.4 Å². The molecule has 3 heterocycles. The Bertz CT molecular complexity index is 1040. The van der Waals surface area contributed by atoms with Crippen molar-refractivity contribution in [3.63, 3.8) is 0 Å². The number of nitrogens with one attached hydrogen (secondary N) is 3. The van der Waals surface area contributed by atoms with Gasteiger partial charge in [0.25, 0.3) is 0 Å². The molecule has 156 valence electrons. The third-order valence-corrected chi connectivity index (χ3v) is 4.34. The minimum atomic E-state index is -0.417. The van der Waals surface area contributed by atoms with Crippen LogP contribution < -0.4 is 25.4 Å². The molecule has 9 nitrogen and oxygen atoms in total. The SMILES string of the molecule is CC(C)(C)c1cc(NC(=O)Nc2ccc(Oc3ccnc4c3OCCN4)cc2)no1. The monoisotopic (exact) mass is 409 g/mol. The first-order valence-corrected chi connectivity index (χ1v) is 9.57. The fourth-order valence-corrected chi connectivity index (χ4v) is 2.80. The number of pyridine rings is 1. The molecule has 0 bridgehead atoms. The third-order valence-electron chi connectivity index (χ3n) is 4.34. The van der Waals surface area contributed by atoms with E-state index in [1.807, 2.05) is 20.8 Å². The van der Waals surface area contributed by atoms with Gasteiger partial charge >= 0.3 is 6.03 Å². The van der Waals surface area contributed by atoms with Gasteiger partial charge in [0.15, 0.2) is 17.4 Å². The van der Waals surface area contributed by atoms with Crippen LogP contribution in [-0.4, -0.2) is 29.3 Å². The van der Waals surface area contributed by atoms with E-state index in [1.54, 1.807) is 42.6 Å². The molecule has 30 heavy (non-hydrogen) atoms. The van der Waals surface area contributed by atoms with Crippen LogP contribution >= 0.6 is 0 Å². The van der Waals surface area contributed by atoms with Crippen LogP contribution in [0.1, 0.15) is 26.5 Å². The Morgan fingerprint density at radius 3 is 2.70 bits per heavy atom. The predicted octanol–water partition coefficient (Wildman–Crippen LogP) is 4.61. The van der Waals surface area contributed by atoms with Gasteiger partial charge in [0.05, 0.1) is 6.54 Å². The van der Waals surface area contributed by atoms with Gasteiger partial charge in [0.2, 0.25) is 5.75 Å². The number of amides is 2. The van der Waals surface area contributed by atoms with Gasteiger partial charge < -0.3 is 24.6 Å². The van der Waals surface area contributed by atoms with E-state index in [0.717, 1.165) is 0 Å². The molecule has 2 aromatic heterocycles. The van der Waals surface area contributed by atoms with Crippen LogP contribution in [0.25, 0.3) is 0 Å². The Kier molecular flexibility index (Phi) is 5.18. The molecule has 0 fully saturated rings. The van der Waals surface area contributed by atoms with Crippen molar-refractivity contribution >= 4 is 23.4 Å². The summed E-state index contributed by atoms with van der Waals surface area (Å²) >= 11 is 0. The molecule has 3 N–H and O–H groups in total. The molecule has 1 aliphatic heterocycles. The maximum absolute atomic E-state index is 12.2. The van der Waals surface area contributed by atoms with Gasteiger partial charge in [-0.3, -0.25) is 5.32 Å². The van der Waals surface area contributed by atoms with Crippen molar-refractivity contribution in [3.05, 3.63) is 48.4 Å². The zero-order valence-corrected chi connectivity index (χ0v) is 17.0. The van der Waals surface area contributed by atoms with Crippen LogP contribution in [0.2, 0.25) is 0 Å². The number of anilines is 3. The lowest BCUT2D eigenvalue weighted by molar-refractivity contribution is 0.262. The first-order valence-electron chi connectivity index (χ1n) is 9.57. The van der Waals surface area contributed by atoms with Crippen molar-refractivity contribution in [2.45, 2.75) is 26.2 Å². The fraction of sp³-hybridized carbons (Fsp3) is 0.286. The molecule has 1 aliphatic rings. The molecule has 0 saturated heterocycles. The average molecular weight is 409 g/mol. The number of hydrogen-bond donors (Lipinski definition) is 3. The summed E-state index contributed by atoms with van der Waals surface area (Å²) in [6, 6.07) is 10.0. The summed E-state index contributed by atoms with van der Waals surface area (Å²) in [7, 11) is 0. The molecule has 1 aromatic carbocycles. The molecule has 0 atom stereocenters. The number of urea groups is 1. The maximum atomic E-state index is 12.2. The summed E-state index contributed by atoms with van der Waals surface area (Å²) in [6.07, 6.45) is 1.66. The van der Waals surface area contributed by atoms with Crippen LogP contribution in [0.3, 0.4) is 0 Å². The van der Waals surface area contributed by atoms with Gasteiger partial charge in [-0.05, 0) is 24.3 Å². The van der Waals surface area contributed by atoms with Crippen LogP contribution in [0.15, 0.2) is 47.1 Å². The van der Waals surface area contributed by atoms with E-state index in [2.05, 4.69) is 26.1 Å². The Hall–Kier alpha value is -3.75. The van der Waals surface area contributed by atoms with Crippen molar-refractivity contribution < 1.29 is 18.8 Å². The van der Waals surface area contributed by atoms with Crippen LogP contribution in [0.5, 0.6) is 17.2 Å². The molecule has 0 radical (unpaired) electrons. The number of hydrogen-bond acceptors (Lipinski definition) is 7. The number of carbonyl (C=O) groups excluding carboxylic acids is 1. The molecule has 3 aromatic rings. The molecule has 0 spiro atoms. The van der Waals surface area contributed by atoms with E-state index in [0.29, 0.717) is 53.5 Å². The van der Waals surface area contributed by atoms with Crippen molar-refractivity contribution in [1.82, 2.24) is 10.1 Å². The zero-order valence-electron chi connectivity index (χ0n) is 17.0. The zero-order chi connectivity index (χ0) is 21.1. The summed E-state index contributed by atoms with van der Waals surface area (Å²) in [5, 5.41) is 12.4. The molecule has 0 saturated carbocycles. The van der Waals surface area contributed by atoms with E-state index < -0.39 is 6.03 Å². The third kappa shape index (κ3) is 4.45. The second-order valence-electron chi connectivity index (χ2n) is 7.79. The highest BCUT2D eigenvalue weighted by atomic mass is 16.5. The topological polar surface area (TPSA) is 111 Å². The summed E-state index contributed by atoms with van der Waals surface area (Å²) in [4.78, 5) is 16.4. The molecular formula is C21H23N5O4. The highest BCUT2D eigenvalue weighted by molar-refractivity contribution is 5.99. The van der Waals surface area contributed by atoms with Crippen molar-refractivity contribution in [1.29, 1.82) is 0 Å². The normalized spacial score (nSPS) is 12.9. The Morgan fingerprint density at radius 2 is 1.97 bits per heavy atom. The number of benzene rings is 1. The van der Waals surface area contributed by atoms with Crippen molar-refractivity contribution in [3.8, 4) is 17.2 Å². The van der Waals surface area contributed by atoms with E-state index in [9.17, 15) is 4.79 Å². The second-order valence-corrected chi connectivity index (χ2v) is 7.79. The predicted molar refractivity (Wildman–Crippen MR) is 113 cm³/mol. The summed E-state index contributed by atoms with van der Waals surface area (Å²) < 4.78 is 16.8. The van der Waals surface area contributed by atoms with Crippen LogP contribution in [0, 0.1) is 0 Å². The van der Waals surface area contributed by atoms with Gasteiger partial charge in [-0.15, -0.1) is 0 Å². The number of aromatic nitrogens is 2. The highest BCUT2D eigenvalue weighted by Crippen LogP contribution is 2.38. The van der Waals surface area contributed by atoms with E-state index in [1.165, 1.54) is 0 Å². The maximum Gasteiger partial charge on any atom is 0.324 e. The van der Waals surface area contributed by atoms with Gasteiger partial charge in [-0.2, -0.15) is 0 Å². The molecule has 4 rings (SSSR count). The molecule has 0 aliphatic carbocycles. The lowest BCUT2D eigenvalue weighted by atomic mass is 9.93. The van der Waals surface area contributed by atoms with Crippen molar-refractivity contribution in [2.75, 3.05) is 29.1 Å². The Morgan fingerprint density at radius 1 is 1.17 bits per heavy atom. The lowest BCUT2D eigenvalue weighted by Crippen LogP contribution is -2.19. The largest absolute Gasteiger partial charge is 0.485 e. The molecule has 0 unspecified atom stereocenters. The number of rotatable bonds is 4. The molecular weight excluding hydrogens is 386 g/mol. The van der Waals surface area contributed by atoms with Crippen LogP contribution in [-0.2, 0) is 5.41 Å². The summed E-state index contributed by atoms with van der Waals surface area (Å²) in [6.45, 7) is 7.27. The molecule has 2 amide bonds. The average Bonchev–Trinajstić information content (AvgIpc) is 3.19. The minimum Gasteiger partial charge on any atom is -0.485 e. The first-order chi connectivity index (χ1) is 14.4. The number of nitrogens with zero attached hydrogens (tertiary/aromatic N) is 2. The van der Waals surface area contributed by atoms with E-state index in [4.69, 9.17) is 14.0 Å². The highest BCUT2D eigenvalue weighted by Gasteiger charge is 2.20. The first kappa shape index (κ1) is 19.6. The molecule has 9 heteroatoms. The standard InChI is InChI=1S/C21H23N5O4/c1-21(2,3)16-12-17(26-30-16)25-20(27)24-13-4-6-14(7-5-13)29-15-8-9-22-19-18(15)28-11-10-23-19/h4-9,12H,10-11H2,1-3H3,(H,22,23)(H2,24,25,26,27). The van der Waals surface area contributed by atoms with E-state index >= 15 is 0 Å². The number of carbonyl (C=O) groups is 1. The summed E-state index contributed by atoms with van der Waals surface area (Å²) in [5.41, 5.74) is 0.420. The second kappa shape index (κ2) is 7.94. The Balaban J connectivity index is 1.37. The fourth-order valence-electron chi connectivity index (χ4n) is 2.80. The quantitative estimate of drug-likeness (QED) is 0.577. The number of fused-ring (bicyclic) bond motifs is 1. The van der Waals surface area contributed by atoms with Crippen LogP contribution in [0.4, 0.5) is 22.1 Å².